The maximum atomic E-state index is 14.0. The van der Waals surface area contributed by atoms with Crippen molar-refractivity contribution in [3.05, 3.63) is 113 Å². The Bertz CT molecular complexity index is 1730. The first kappa shape index (κ1) is 30.4. The molecule has 4 aromatic rings. The summed E-state index contributed by atoms with van der Waals surface area (Å²) in [5, 5.41) is 11.9. The van der Waals surface area contributed by atoms with Gasteiger partial charge < -0.3 is 19.7 Å². The fourth-order valence-electron chi connectivity index (χ4n) is 4.09. The number of aliphatic hydroxyl groups is 1. The van der Waals surface area contributed by atoms with Crippen molar-refractivity contribution in [1.29, 1.82) is 0 Å². The van der Waals surface area contributed by atoms with Crippen LogP contribution in [-0.4, -0.2) is 63.5 Å². The highest BCUT2D eigenvalue weighted by Gasteiger charge is 2.17. The van der Waals surface area contributed by atoms with Crippen LogP contribution in [0.2, 0.25) is 0 Å². The zero-order valence-electron chi connectivity index (χ0n) is 23.4. The number of hydrogen-bond acceptors (Lipinski definition) is 7. The maximum absolute atomic E-state index is 14.0. The molecule has 4 rings (SSSR count). The highest BCUT2D eigenvalue weighted by molar-refractivity contribution is 7.94. The van der Waals surface area contributed by atoms with Gasteiger partial charge in [-0.2, -0.15) is 4.36 Å². The number of nitrogens with zero attached hydrogens (tertiary/aromatic N) is 3. The van der Waals surface area contributed by atoms with Crippen LogP contribution in [-0.2, 0) is 9.73 Å². The van der Waals surface area contributed by atoms with Gasteiger partial charge in [-0.25, -0.2) is 4.21 Å². The second kappa shape index (κ2) is 14.4. The summed E-state index contributed by atoms with van der Waals surface area (Å²) in [5.74, 6) is 5.46. The molecule has 216 valence electrons. The lowest BCUT2D eigenvalue weighted by Gasteiger charge is -2.16. The van der Waals surface area contributed by atoms with Gasteiger partial charge in [0.05, 0.1) is 28.2 Å². The SMILES string of the molecule is Cc1ccoc1C(=O)Nc1cccc(C#Cc2cncc(C(=O)N=[S@](=O)(CCCN(C)CCO)c3ccccc3)c2)c1. The second-order valence-corrected chi connectivity index (χ2v) is 12.0. The van der Waals surface area contributed by atoms with E-state index in [1.54, 1.807) is 67.6 Å². The minimum atomic E-state index is -3.05. The van der Waals surface area contributed by atoms with Crippen LogP contribution in [0.4, 0.5) is 5.69 Å². The molecule has 0 saturated heterocycles. The Labute approximate surface area is 245 Å². The summed E-state index contributed by atoms with van der Waals surface area (Å²) in [6.07, 6.45) is 4.90. The molecule has 42 heavy (non-hydrogen) atoms. The number of anilines is 1. The van der Waals surface area contributed by atoms with Crippen LogP contribution in [0.15, 0.2) is 99.1 Å². The zero-order chi connectivity index (χ0) is 30.0. The molecule has 0 aliphatic heterocycles. The van der Waals surface area contributed by atoms with Crippen molar-refractivity contribution in [3.63, 3.8) is 0 Å². The third-order valence-electron chi connectivity index (χ3n) is 6.31. The van der Waals surface area contributed by atoms with Gasteiger partial charge in [-0.15, -0.1) is 0 Å². The number of likely N-dealkylation sites (N-methyl/N-ethyl adjacent to an activating group) is 1. The Hall–Kier alpha value is -4.56. The molecule has 2 aromatic carbocycles. The van der Waals surface area contributed by atoms with E-state index in [1.807, 2.05) is 18.0 Å². The van der Waals surface area contributed by atoms with Gasteiger partial charge in [-0.1, -0.05) is 36.1 Å². The summed E-state index contributed by atoms with van der Waals surface area (Å²) in [4.78, 5) is 32.2. The minimum absolute atomic E-state index is 0.0349. The lowest BCUT2D eigenvalue weighted by Crippen LogP contribution is -2.25. The van der Waals surface area contributed by atoms with Crippen molar-refractivity contribution in [3.8, 4) is 11.8 Å². The van der Waals surface area contributed by atoms with Gasteiger partial charge in [-0.3, -0.25) is 14.6 Å². The summed E-state index contributed by atoms with van der Waals surface area (Å²) in [6.45, 7) is 2.94. The fourth-order valence-corrected chi connectivity index (χ4v) is 5.99. The standard InChI is InChI=1S/C32H32N4O5S/c1-24-14-18-41-30(24)32(39)34-28-9-6-8-25(21-28)12-13-26-20-27(23-33-22-26)31(38)35-42(40,29-10-4-3-5-11-29)19-7-15-36(2)16-17-37/h3-6,8-11,14,18,20-23,37H,7,15-17,19H2,1-2H3,(H,34,39)/t42-/m0/s1. The molecule has 0 bridgehead atoms. The van der Waals surface area contributed by atoms with E-state index in [1.165, 1.54) is 18.7 Å². The van der Waals surface area contributed by atoms with E-state index < -0.39 is 15.6 Å². The topological polar surface area (TPSA) is 125 Å². The van der Waals surface area contributed by atoms with Crippen molar-refractivity contribution >= 4 is 27.2 Å². The molecule has 0 unspecified atom stereocenters. The van der Waals surface area contributed by atoms with Gasteiger partial charge in [0, 0.05) is 52.0 Å². The van der Waals surface area contributed by atoms with Crippen LogP contribution < -0.4 is 5.32 Å². The molecule has 0 radical (unpaired) electrons. The Morgan fingerprint density at radius 2 is 1.81 bits per heavy atom. The molecule has 0 fully saturated rings. The number of carbonyl (C=O) groups is 2. The number of carbonyl (C=O) groups excluding carboxylic acids is 2. The molecule has 2 heterocycles. The molecule has 2 aromatic heterocycles. The number of nitrogens with one attached hydrogen (secondary N) is 1. The average molecular weight is 585 g/mol. The number of pyridine rings is 1. The summed E-state index contributed by atoms with van der Waals surface area (Å²) >= 11 is 0. The fraction of sp³-hybridized carbons (Fsp3) is 0.219. The van der Waals surface area contributed by atoms with Crippen molar-refractivity contribution in [1.82, 2.24) is 9.88 Å². The summed E-state index contributed by atoms with van der Waals surface area (Å²) in [7, 11) is -1.18. The molecule has 9 nitrogen and oxygen atoms in total. The number of amides is 2. The Morgan fingerprint density at radius 1 is 1.02 bits per heavy atom. The number of aromatic nitrogens is 1. The van der Waals surface area contributed by atoms with Gasteiger partial charge in [0.25, 0.3) is 11.8 Å². The van der Waals surface area contributed by atoms with E-state index in [2.05, 4.69) is 26.5 Å². The van der Waals surface area contributed by atoms with Gasteiger partial charge in [0.2, 0.25) is 0 Å². The number of rotatable bonds is 10. The molecule has 0 aliphatic carbocycles. The number of aliphatic hydroxyl groups excluding tert-OH is 1. The predicted molar refractivity (Wildman–Crippen MR) is 162 cm³/mol. The number of furan rings is 1. The van der Waals surface area contributed by atoms with Crippen molar-refractivity contribution in [2.45, 2.75) is 18.2 Å². The second-order valence-electron chi connectivity index (χ2n) is 9.61. The highest BCUT2D eigenvalue weighted by atomic mass is 32.2. The molecule has 1 atom stereocenters. The molecule has 0 aliphatic rings. The number of aryl methyl sites for hydroxylation is 1. The van der Waals surface area contributed by atoms with Crippen LogP contribution in [0.3, 0.4) is 0 Å². The normalized spacial score (nSPS) is 12.2. The van der Waals surface area contributed by atoms with E-state index in [0.717, 1.165) is 5.56 Å². The largest absolute Gasteiger partial charge is 0.459 e. The monoisotopic (exact) mass is 584 g/mol. The molecule has 2 amide bonds. The Balaban J connectivity index is 1.52. The van der Waals surface area contributed by atoms with Gasteiger partial charge >= 0.3 is 0 Å². The van der Waals surface area contributed by atoms with E-state index in [-0.39, 0.29) is 29.6 Å². The lowest BCUT2D eigenvalue weighted by atomic mass is 10.1. The van der Waals surface area contributed by atoms with Crippen molar-refractivity contribution in [2.75, 3.05) is 37.8 Å². The molecule has 2 N–H and O–H groups in total. The average Bonchev–Trinajstić information content (AvgIpc) is 3.43. The van der Waals surface area contributed by atoms with Crippen LogP contribution in [0.25, 0.3) is 0 Å². The summed E-state index contributed by atoms with van der Waals surface area (Å²) in [5.41, 5.74) is 2.60. The molecule has 0 saturated carbocycles. The number of benzene rings is 2. The zero-order valence-corrected chi connectivity index (χ0v) is 24.3. The Kier molecular flexibility index (Phi) is 10.4. The van der Waals surface area contributed by atoms with Crippen LogP contribution in [0.1, 0.15) is 44.0 Å². The van der Waals surface area contributed by atoms with Crippen LogP contribution >= 0.6 is 0 Å². The molecular formula is C32H32N4O5S. The predicted octanol–water partition coefficient (Wildman–Crippen LogP) is 4.62. The van der Waals surface area contributed by atoms with Crippen molar-refractivity contribution in [2.24, 2.45) is 4.36 Å². The van der Waals surface area contributed by atoms with Gasteiger partial charge in [0.1, 0.15) is 0 Å². The Morgan fingerprint density at radius 3 is 2.55 bits per heavy atom. The van der Waals surface area contributed by atoms with E-state index in [0.29, 0.717) is 41.2 Å². The van der Waals surface area contributed by atoms with Gasteiger partial charge in [-0.05, 0) is 69.4 Å². The van der Waals surface area contributed by atoms with Gasteiger partial charge in [0.15, 0.2) is 5.76 Å². The lowest BCUT2D eigenvalue weighted by molar-refractivity contribution is 0.0991. The highest BCUT2D eigenvalue weighted by Crippen LogP contribution is 2.18. The molecule has 0 spiro atoms. The molecule has 10 heteroatoms. The van der Waals surface area contributed by atoms with E-state index in [4.69, 9.17) is 9.52 Å². The van der Waals surface area contributed by atoms with Crippen LogP contribution in [0, 0.1) is 18.8 Å². The first-order chi connectivity index (χ1) is 20.3. The van der Waals surface area contributed by atoms with E-state index in [9.17, 15) is 13.8 Å². The summed E-state index contributed by atoms with van der Waals surface area (Å²) < 4.78 is 23.4. The number of hydrogen-bond donors (Lipinski definition) is 2. The minimum Gasteiger partial charge on any atom is -0.459 e. The molecular weight excluding hydrogens is 552 g/mol. The maximum Gasteiger partial charge on any atom is 0.291 e. The quantitative estimate of drug-likeness (QED) is 0.261. The van der Waals surface area contributed by atoms with Crippen LogP contribution in [0.5, 0.6) is 0 Å². The first-order valence-electron chi connectivity index (χ1n) is 13.3. The summed E-state index contributed by atoms with van der Waals surface area (Å²) in [6, 6.07) is 19.1. The van der Waals surface area contributed by atoms with E-state index >= 15 is 0 Å². The third kappa shape index (κ3) is 8.24. The third-order valence-corrected chi connectivity index (χ3v) is 8.62. The van der Waals surface area contributed by atoms with Crippen molar-refractivity contribution < 1.29 is 23.3 Å². The first-order valence-corrected chi connectivity index (χ1v) is 15.0. The smallest absolute Gasteiger partial charge is 0.291 e.